The molecule has 3 heteroatoms. The second-order valence-electron chi connectivity index (χ2n) is 11.2. The molecule has 0 aromatic heterocycles. The number of methoxy groups -OCH3 is 1. The first-order chi connectivity index (χ1) is 13.3. The summed E-state index contributed by atoms with van der Waals surface area (Å²) in [7, 11) is 1.50. The lowest BCUT2D eigenvalue weighted by molar-refractivity contribution is -0.141. The molecule has 4 fully saturated rings. The van der Waals surface area contributed by atoms with Crippen LogP contribution in [0, 0.1) is 46.3 Å². The molecule has 0 aromatic carbocycles. The minimum Gasteiger partial charge on any atom is -0.469 e. The van der Waals surface area contributed by atoms with Gasteiger partial charge >= 0.3 is 5.97 Å². The highest BCUT2D eigenvalue weighted by Crippen LogP contribution is 2.68. The van der Waals surface area contributed by atoms with Crippen LogP contribution in [0.5, 0.6) is 0 Å². The summed E-state index contributed by atoms with van der Waals surface area (Å²) in [5.74, 6) is 5.01. The van der Waals surface area contributed by atoms with E-state index in [0.717, 1.165) is 49.4 Å². The average Bonchev–Trinajstić information content (AvgIpc) is 3.03. The van der Waals surface area contributed by atoms with Crippen molar-refractivity contribution in [2.45, 2.75) is 91.4 Å². The minimum absolute atomic E-state index is 0.0617. The summed E-state index contributed by atoms with van der Waals surface area (Å²) in [5, 5.41) is 0. The summed E-state index contributed by atoms with van der Waals surface area (Å²) in [5.41, 5.74) is 0.858. The number of carbonyl (C=O) groups is 2. The Kier molecular flexibility index (Phi) is 5.42. The third-order valence-electron chi connectivity index (χ3n) is 10.3. The number of fused-ring (bicyclic) bond motifs is 5. The van der Waals surface area contributed by atoms with E-state index in [1.165, 1.54) is 45.6 Å². The molecule has 0 aromatic rings. The van der Waals surface area contributed by atoms with Gasteiger partial charge in [0.15, 0.2) is 0 Å². The van der Waals surface area contributed by atoms with Crippen LogP contribution in [0.1, 0.15) is 91.4 Å². The minimum atomic E-state index is -0.0617. The van der Waals surface area contributed by atoms with Gasteiger partial charge in [-0.25, -0.2) is 0 Å². The smallest absolute Gasteiger partial charge is 0.305 e. The molecule has 3 nitrogen and oxygen atoms in total. The molecule has 4 saturated carbocycles. The van der Waals surface area contributed by atoms with E-state index >= 15 is 0 Å². The first kappa shape index (κ1) is 20.4. The van der Waals surface area contributed by atoms with Crippen molar-refractivity contribution in [2.75, 3.05) is 7.11 Å². The number of Topliss-reactive ketones (excluding diaryl/α,β-unsaturated/α-hetero) is 1. The molecule has 0 spiro atoms. The highest BCUT2D eigenvalue weighted by Gasteiger charge is 2.60. The van der Waals surface area contributed by atoms with Crippen molar-refractivity contribution >= 4 is 11.8 Å². The molecule has 4 aliphatic carbocycles. The van der Waals surface area contributed by atoms with E-state index in [4.69, 9.17) is 4.74 Å². The van der Waals surface area contributed by atoms with Crippen molar-refractivity contribution < 1.29 is 14.3 Å². The van der Waals surface area contributed by atoms with E-state index < -0.39 is 0 Å². The van der Waals surface area contributed by atoms with Gasteiger partial charge in [0.25, 0.3) is 0 Å². The Morgan fingerprint density at radius 1 is 1.07 bits per heavy atom. The van der Waals surface area contributed by atoms with E-state index in [0.29, 0.717) is 34.9 Å². The molecule has 8 atom stereocenters. The van der Waals surface area contributed by atoms with Gasteiger partial charge in [0.2, 0.25) is 0 Å². The number of rotatable bonds is 4. The second kappa shape index (κ2) is 7.43. The number of ketones is 1. The molecular formula is C25H40O3. The van der Waals surface area contributed by atoms with Crippen LogP contribution in [-0.2, 0) is 14.3 Å². The van der Waals surface area contributed by atoms with Crippen molar-refractivity contribution in [3.8, 4) is 0 Å². The maximum atomic E-state index is 12.1. The zero-order chi connectivity index (χ0) is 20.1. The molecule has 28 heavy (non-hydrogen) atoms. The highest BCUT2D eigenvalue weighted by atomic mass is 16.5. The predicted molar refractivity (Wildman–Crippen MR) is 111 cm³/mol. The Bertz CT molecular complexity index is 627. The molecule has 4 rings (SSSR count). The van der Waals surface area contributed by atoms with Gasteiger partial charge in [0.1, 0.15) is 5.78 Å². The second-order valence-corrected chi connectivity index (χ2v) is 11.2. The summed E-state index contributed by atoms with van der Waals surface area (Å²) in [6.45, 7) is 7.49. The first-order valence-corrected chi connectivity index (χ1v) is 11.9. The summed E-state index contributed by atoms with van der Waals surface area (Å²) in [6.07, 6.45) is 12.4. The van der Waals surface area contributed by atoms with Gasteiger partial charge in [-0.2, -0.15) is 0 Å². The molecule has 0 aliphatic heterocycles. The molecule has 0 saturated heterocycles. The Labute approximate surface area is 171 Å². The number of ether oxygens (including phenoxy) is 1. The summed E-state index contributed by atoms with van der Waals surface area (Å²) < 4.78 is 4.87. The largest absolute Gasteiger partial charge is 0.469 e. The molecule has 0 unspecified atom stereocenters. The first-order valence-electron chi connectivity index (χ1n) is 11.9. The third-order valence-corrected chi connectivity index (χ3v) is 10.3. The standard InChI is InChI=1S/C25H40O3/c1-16(5-10-23(27)28-4)20-8-9-21-19-7-6-17-15-18(26)11-13-24(17,2)22(19)12-14-25(20,21)3/h16-17,19-22H,5-15H2,1-4H3/t16-,17+,19-,20-,21+,22-,24-,25+/m0/s1. The van der Waals surface area contributed by atoms with Crippen molar-refractivity contribution in [3.05, 3.63) is 0 Å². The van der Waals surface area contributed by atoms with Gasteiger partial charge in [-0.05, 0) is 97.7 Å². The van der Waals surface area contributed by atoms with Gasteiger partial charge in [-0.1, -0.05) is 20.8 Å². The van der Waals surface area contributed by atoms with Crippen LogP contribution in [0.25, 0.3) is 0 Å². The van der Waals surface area contributed by atoms with E-state index in [2.05, 4.69) is 20.8 Å². The van der Waals surface area contributed by atoms with Gasteiger partial charge < -0.3 is 4.74 Å². The molecule has 0 N–H and O–H groups in total. The van der Waals surface area contributed by atoms with Crippen LogP contribution in [0.15, 0.2) is 0 Å². The quantitative estimate of drug-likeness (QED) is 0.571. The molecule has 0 amide bonds. The van der Waals surface area contributed by atoms with Crippen molar-refractivity contribution in [1.29, 1.82) is 0 Å². The normalized spacial score (nSPS) is 46.3. The van der Waals surface area contributed by atoms with Crippen LogP contribution in [0.4, 0.5) is 0 Å². The third kappa shape index (κ3) is 3.16. The SMILES string of the molecule is COC(=O)CC[C@H](C)[C@@H]1CC[C@@H]2[C@@H]3CC[C@@H]4CC(=O)CC[C@]4(C)[C@H]3CC[C@@]21C. The zero-order valence-electron chi connectivity index (χ0n) is 18.5. The van der Waals surface area contributed by atoms with Crippen LogP contribution < -0.4 is 0 Å². The van der Waals surface area contributed by atoms with E-state index in [1.54, 1.807) is 0 Å². The van der Waals surface area contributed by atoms with Gasteiger partial charge in [0.05, 0.1) is 7.11 Å². The Morgan fingerprint density at radius 2 is 1.82 bits per heavy atom. The van der Waals surface area contributed by atoms with E-state index in [-0.39, 0.29) is 5.97 Å². The monoisotopic (exact) mass is 388 g/mol. The topological polar surface area (TPSA) is 43.4 Å². The lowest BCUT2D eigenvalue weighted by Gasteiger charge is -2.60. The predicted octanol–water partition coefficient (Wildman–Crippen LogP) is 5.80. The van der Waals surface area contributed by atoms with Crippen LogP contribution >= 0.6 is 0 Å². The molecule has 4 aliphatic rings. The molecular weight excluding hydrogens is 348 g/mol. The molecule has 0 bridgehead atoms. The van der Waals surface area contributed by atoms with Crippen molar-refractivity contribution in [2.24, 2.45) is 46.3 Å². The Morgan fingerprint density at radius 3 is 2.57 bits per heavy atom. The summed E-state index contributed by atoms with van der Waals surface area (Å²) in [4.78, 5) is 23.7. The number of carbonyl (C=O) groups excluding carboxylic acids is 2. The lowest BCUT2D eigenvalue weighted by atomic mass is 9.44. The van der Waals surface area contributed by atoms with Gasteiger partial charge in [-0.15, -0.1) is 0 Å². The average molecular weight is 389 g/mol. The van der Waals surface area contributed by atoms with Crippen LogP contribution in [0.2, 0.25) is 0 Å². The Hall–Kier alpha value is -0.860. The highest BCUT2D eigenvalue weighted by molar-refractivity contribution is 5.79. The van der Waals surface area contributed by atoms with Gasteiger partial charge in [-0.3, -0.25) is 9.59 Å². The Balaban J connectivity index is 1.49. The fourth-order valence-corrected chi connectivity index (χ4v) is 8.67. The maximum absolute atomic E-state index is 12.1. The molecule has 0 heterocycles. The summed E-state index contributed by atoms with van der Waals surface area (Å²) in [6, 6.07) is 0. The number of hydrogen-bond acceptors (Lipinski definition) is 3. The number of esters is 1. The number of hydrogen-bond donors (Lipinski definition) is 0. The zero-order valence-corrected chi connectivity index (χ0v) is 18.5. The van der Waals surface area contributed by atoms with Crippen molar-refractivity contribution in [3.63, 3.8) is 0 Å². The van der Waals surface area contributed by atoms with E-state index in [9.17, 15) is 9.59 Å². The maximum Gasteiger partial charge on any atom is 0.305 e. The fraction of sp³-hybridized carbons (Fsp3) is 0.920. The van der Waals surface area contributed by atoms with Crippen molar-refractivity contribution in [1.82, 2.24) is 0 Å². The van der Waals surface area contributed by atoms with E-state index in [1.807, 2.05) is 0 Å². The lowest BCUT2D eigenvalue weighted by Crippen LogP contribution is -2.53. The summed E-state index contributed by atoms with van der Waals surface area (Å²) >= 11 is 0. The molecule has 158 valence electrons. The fourth-order valence-electron chi connectivity index (χ4n) is 8.67. The van der Waals surface area contributed by atoms with Gasteiger partial charge in [0, 0.05) is 19.3 Å². The molecule has 0 radical (unpaired) electrons. The van der Waals surface area contributed by atoms with Crippen LogP contribution in [0.3, 0.4) is 0 Å². The van der Waals surface area contributed by atoms with Crippen LogP contribution in [-0.4, -0.2) is 18.9 Å².